The van der Waals surface area contributed by atoms with E-state index in [0.717, 1.165) is 18.4 Å². The van der Waals surface area contributed by atoms with Gasteiger partial charge in [0.1, 0.15) is 5.82 Å². The van der Waals surface area contributed by atoms with Crippen molar-refractivity contribution in [1.82, 2.24) is 15.5 Å². The molecule has 1 aromatic rings. The molecule has 1 fully saturated rings. The molecule has 0 aliphatic heterocycles. The number of amides is 1. The van der Waals surface area contributed by atoms with Crippen molar-refractivity contribution in [2.75, 3.05) is 34.2 Å². The molecule has 1 aliphatic rings. The first-order valence-corrected chi connectivity index (χ1v) is 7.88. The molecule has 134 valence electrons. The Morgan fingerprint density at radius 2 is 1.96 bits per heavy atom. The van der Waals surface area contributed by atoms with Gasteiger partial charge in [0.15, 0.2) is 5.96 Å². The second kappa shape index (κ2) is 9.19. The second-order valence-electron chi connectivity index (χ2n) is 6.15. The van der Waals surface area contributed by atoms with Gasteiger partial charge in [-0.25, -0.2) is 4.39 Å². The number of hydrogen-bond acceptors (Lipinski definition) is 2. The molecule has 0 unspecified atom stereocenters. The summed E-state index contributed by atoms with van der Waals surface area (Å²) in [6.07, 6.45) is 2.35. The molecule has 0 radical (unpaired) electrons. The number of benzene rings is 1. The summed E-state index contributed by atoms with van der Waals surface area (Å²) < 4.78 is 14.0. The van der Waals surface area contributed by atoms with Crippen LogP contribution < -0.4 is 10.6 Å². The summed E-state index contributed by atoms with van der Waals surface area (Å²) in [6.45, 7) is 1.15. The molecule has 2 N–H and O–H groups in total. The molecule has 24 heavy (non-hydrogen) atoms. The Morgan fingerprint density at radius 1 is 1.29 bits per heavy atom. The Balaban J connectivity index is 0.00000288. The number of rotatable bonds is 6. The molecule has 0 bridgehead atoms. The lowest BCUT2D eigenvalue weighted by Gasteiger charge is -2.19. The average Bonchev–Trinajstić information content (AvgIpc) is 3.31. The van der Waals surface area contributed by atoms with Crippen LogP contribution in [0.3, 0.4) is 0 Å². The predicted octanol–water partition coefficient (Wildman–Crippen LogP) is 2.12. The molecule has 1 aromatic carbocycles. The minimum Gasteiger partial charge on any atom is -0.356 e. The number of guanidine groups is 1. The van der Waals surface area contributed by atoms with Crippen LogP contribution in [0.1, 0.15) is 24.8 Å². The minimum atomic E-state index is -0.147. The summed E-state index contributed by atoms with van der Waals surface area (Å²) in [7, 11) is 5.16. The van der Waals surface area contributed by atoms with E-state index in [1.807, 2.05) is 12.1 Å². The average molecular weight is 448 g/mol. The van der Waals surface area contributed by atoms with Crippen LogP contribution in [0.2, 0.25) is 0 Å². The molecule has 0 heterocycles. The summed E-state index contributed by atoms with van der Waals surface area (Å²) >= 11 is 0. The van der Waals surface area contributed by atoms with Gasteiger partial charge >= 0.3 is 0 Å². The number of carbonyl (C=O) groups is 1. The molecular formula is C17H26FIN4O. The fraction of sp³-hybridized carbons (Fsp3) is 0.529. The van der Waals surface area contributed by atoms with E-state index in [1.54, 1.807) is 32.1 Å². The van der Waals surface area contributed by atoms with Crippen LogP contribution in [0.15, 0.2) is 29.3 Å². The summed E-state index contributed by atoms with van der Waals surface area (Å²) in [5, 5.41) is 6.37. The van der Waals surface area contributed by atoms with Crippen LogP contribution in [0.4, 0.5) is 4.39 Å². The first kappa shape index (κ1) is 20.7. The normalized spacial score (nSPS) is 15.2. The third-order valence-electron chi connectivity index (χ3n) is 4.25. The highest BCUT2D eigenvalue weighted by Crippen LogP contribution is 2.48. The highest BCUT2D eigenvalue weighted by Gasteiger charge is 2.45. The topological polar surface area (TPSA) is 56.7 Å². The number of hydrogen-bond donors (Lipinski definition) is 2. The molecule has 1 amide bonds. The maximum Gasteiger partial charge on any atom is 0.223 e. The van der Waals surface area contributed by atoms with Crippen molar-refractivity contribution in [3.63, 3.8) is 0 Å². The zero-order valence-corrected chi connectivity index (χ0v) is 16.8. The van der Waals surface area contributed by atoms with Crippen LogP contribution in [0.5, 0.6) is 0 Å². The van der Waals surface area contributed by atoms with Gasteiger partial charge in [0.05, 0.1) is 0 Å². The Labute approximate surface area is 160 Å². The zero-order chi connectivity index (χ0) is 16.9. The maximum atomic E-state index is 14.0. The van der Waals surface area contributed by atoms with E-state index >= 15 is 0 Å². The molecule has 5 nitrogen and oxygen atoms in total. The summed E-state index contributed by atoms with van der Waals surface area (Å²) in [5.41, 5.74) is 0.633. The lowest BCUT2D eigenvalue weighted by Crippen LogP contribution is -2.42. The molecule has 0 aromatic heterocycles. The molecule has 0 atom stereocenters. The van der Waals surface area contributed by atoms with Crippen LogP contribution in [-0.2, 0) is 10.2 Å². The maximum absolute atomic E-state index is 14.0. The van der Waals surface area contributed by atoms with Crippen LogP contribution in [0, 0.1) is 5.82 Å². The minimum absolute atomic E-state index is 0. The summed E-state index contributed by atoms with van der Waals surface area (Å²) in [6, 6.07) is 6.95. The van der Waals surface area contributed by atoms with Crippen LogP contribution >= 0.6 is 24.0 Å². The van der Waals surface area contributed by atoms with Crippen molar-refractivity contribution < 1.29 is 9.18 Å². The van der Waals surface area contributed by atoms with Gasteiger partial charge < -0.3 is 15.5 Å². The Morgan fingerprint density at radius 3 is 2.50 bits per heavy atom. The van der Waals surface area contributed by atoms with E-state index in [9.17, 15) is 9.18 Å². The quantitative estimate of drug-likeness (QED) is 0.399. The fourth-order valence-corrected chi connectivity index (χ4v) is 2.57. The SMILES string of the molecule is CN=C(NCCC(=O)N(C)C)NCC1(c2ccccc2F)CC1.I. The van der Waals surface area contributed by atoms with Crippen molar-refractivity contribution in [1.29, 1.82) is 0 Å². The first-order chi connectivity index (χ1) is 11.0. The Kier molecular flexibility index (Phi) is 7.92. The van der Waals surface area contributed by atoms with Crippen LogP contribution in [0.25, 0.3) is 0 Å². The van der Waals surface area contributed by atoms with E-state index in [1.165, 1.54) is 6.07 Å². The fourth-order valence-electron chi connectivity index (χ4n) is 2.57. The largest absolute Gasteiger partial charge is 0.356 e. The number of nitrogens with zero attached hydrogens (tertiary/aromatic N) is 2. The van der Waals surface area contributed by atoms with Gasteiger partial charge in [-0.3, -0.25) is 9.79 Å². The second-order valence-corrected chi connectivity index (χ2v) is 6.15. The number of nitrogens with one attached hydrogen (secondary N) is 2. The van der Waals surface area contributed by atoms with Crippen molar-refractivity contribution in [2.45, 2.75) is 24.7 Å². The highest BCUT2D eigenvalue weighted by atomic mass is 127. The highest BCUT2D eigenvalue weighted by molar-refractivity contribution is 14.0. The standard InChI is InChI=1S/C17H25FN4O.HI/c1-19-16(20-11-8-15(23)22(2)3)21-12-17(9-10-17)13-6-4-5-7-14(13)18;/h4-7H,8-12H2,1-3H3,(H2,19,20,21);1H. The Bertz CT molecular complexity index is 588. The predicted molar refractivity (Wildman–Crippen MR) is 105 cm³/mol. The molecule has 0 saturated heterocycles. The van der Waals surface area contributed by atoms with E-state index in [0.29, 0.717) is 25.5 Å². The Hall–Kier alpha value is -1.38. The van der Waals surface area contributed by atoms with Gasteiger partial charge in [0, 0.05) is 46.1 Å². The molecule has 7 heteroatoms. The van der Waals surface area contributed by atoms with Gasteiger partial charge in [-0.15, -0.1) is 24.0 Å². The van der Waals surface area contributed by atoms with Gasteiger partial charge in [-0.2, -0.15) is 0 Å². The molecule has 1 saturated carbocycles. The molecular weight excluding hydrogens is 422 g/mol. The number of halogens is 2. The van der Waals surface area contributed by atoms with Gasteiger partial charge in [-0.1, -0.05) is 18.2 Å². The molecule has 1 aliphatic carbocycles. The van der Waals surface area contributed by atoms with Crippen molar-refractivity contribution in [2.24, 2.45) is 4.99 Å². The van der Waals surface area contributed by atoms with Gasteiger partial charge in [0.25, 0.3) is 0 Å². The van der Waals surface area contributed by atoms with Crippen molar-refractivity contribution in [3.8, 4) is 0 Å². The zero-order valence-electron chi connectivity index (χ0n) is 14.4. The number of aliphatic imine (C=N–C) groups is 1. The number of carbonyl (C=O) groups excluding carboxylic acids is 1. The molecule has 2 rings (SSSR count). The van der Waals surface area contributed by atoms with E-state index in [2.05, 4.69) is 15.6 Å². The van der Waals surface area contributed by atoms with Gasteiger partial charge in [0.2, 0.25) is 5.91 Å². The third kappa shape index (κ3) is 5.32. The molecule has 0 spiro atoms. The summed E-state index contributed by atoms with van der Waals surface area (Å²) in [5.74, 6) is 0.559. The monoisotopic (exact) mass is 448 g/mol. The van der Waals surface area contributed by atoms with Crippen LogP contribution in [-0.4, -0.2) is 51.0 Å². The smallest absolute Gasteiger partial charge is 0.223 e. The summed E-state index contributed by atoms with van der Waals surface area (Å²) in [4.78, 5) is 17.3. The van der Waals surface area contributed by atoms with Gasteiger partial charge in [-0.05, 0) is 24.5 Å². The lowest BCUT2D eigenvalue weighted by molar-refractivity contribution is -0.128. The van der Waals surface area contributed by atoms with E-state index in [4.69, 9.17) is 0 Å². The lowest BCUT2D eigenvalue weighted by atomic mass is 9.95. The van der Waals surface area contributed by atoms with Crippen molar-refractivity contribution in [3.05, 3.63) is 35.6 Å². The first-order valence-electron chi connectivity index (χ1n) is 7.88. The van der Waals surface area contributed by atoms with Crippen molar-refractivity contribution >= 4 is 35.8 Å². The van der Waals surface area contributed by atoms with E-state index in [-0.39, 0.29) is 41.1 Å². The van der Waals surface area contributed by atoms with E-state index < -0.39 is 0 Å². The third-order valence-corrected chi connectivity index (χ3v) is 4.25.